The minimum Gasteiger partial charge on any atom is -0.478 e. The van der Waals surface area contributed by atoms with E-state index in [-0.39, 0.29) is 11.0 Å². The maximum atomic E-state index is 10.6. The Kier molecular flexibility index (Phi) is 7.71. The van der Waals surface area contributed by atoms with Crippen LogP contribution in [0.5, 0.6) is 0 Å². The zero-order chi connectivity index (χ0) is 14.9. The first-order valence-corrected chi connectivity index (χ1v) is 5.79. The first-order chi connectivity index (χ1) is 8.87. The standard InChI is InChI=1S/C10H16O4.C3H4O2/c1-3-10(4-8(2)9(11)12)5-13-7-14-6-10;1-2-3(4)5/h2-7H2,1H3,(H,11,12);2H,1H2,(H,4,5). The van der Waals surface area contributed by atoms with Gasteiger partial charge in [-0.25, -0.2) is 9.59 Å². The molecule has 1 fully saturated rings. The summed E-state index contributed by atoms with van der Waals surface area (Å²) in [5, 5.41) is 16.3. The van der Waals surface area contributed by atoms with Crippen molar-refractivity contribution in [3.63, 3.8) is 0 Å². The van der Waals surface area contributed by atoms with Crippen molar-refractivity contribution < 1.29 is 29.3 Å². The Labute approximate surface area is 112 Å². The molecular formula is C13H20O6. The van der Waals surface area contributed by atoms with Crippen LogP contribution in [0.1, 0.15) is 19.8 Å². The van der Waals surface area contributed by atoms with Crippen molar-refractivity contribution >= 4 is 11.9 Å². The zero-order valence-corrected chi connectivity index (χ0v) is 11.1. The first-order valence-electron chi connectivity index (χ1n) is 5.79. The van der Waals surface area contributed by atoms with Gasteiger partial charge in [0.15, 0.2) is 0 Å². The van der Waals surface area contributed by atoms with E-state index in [1.165, 1.54) is 0 Å². The molecule has 0 unspecified atom stereocenters. The van der Waals surface area contributed by atoms with Crippen molar-refractivity contribution in [2.24, 2.45) is 5.41 Å². The summed E-state index contributed by atoms with van der Waals surface area (Å²) in [7, 11) is 0. The third-order valence-electron chi connectivity index (χ3n) is 2.80. The number of carboxylic acid groups (broad SMARTS) is 2. The van der Waals surface area contributed by atoms with E-state index in [4.69, 9.17) is 19.7 Å². The summed E-state index contributed by atoms with van der Waals surface area (Å²) in [6.07, 6.45) is 2.10. The van der Waals surface area contributed by atoms with E-state index < -0.39 is 11.9 Å². The number of rotatable bonds is 5. The van der Waals surface area contributed by atoms with Crippen LogP contribution < -0.4 is 0 Å². The van der Waals surface area contributed by atoms with Crippen LogP contribution in [0.25, 0.3) is 0 Å². The third-order valence-corrected chi connectivity index (χ3v) is 2.80. The van der Waals surface area contributed by atoms with Crippen LogP contribution in [0.15, 0.2) is 24.8 Å². The van der Waals surface area contributed by atoms with Gasteiger partial charge in [0.05, 0.1) is 13.2 Å². The second-order valence-corrected chi connectivity index (χ2v) is 4.30. The van der Waals surface area contributed by atoms with Gasteiger partial charge in [0.1, 0.15) is 6.79 Å². The summed E-state index contributed by atoms with van der Waals surface area (Å²) in [5.74, 6) is -1.92. The van der Waals surface area contributed by atoms with E-state index in [1.807, 2.05) is 6.92 Å². The Morgan fingerprint density at radius 1 is 1.32 bits per heavy atom. The fourth-order valence-electron chi connectivity index (χ4n) is 1.58. The summed E-state index contributed by atoms with van der Waals surface area (Å²) < 4.78 is 10.4. The smallest absolute Gasteiger partial charge is 0.330 e. The van der Waals surface area contributed by atoms with Crippen LogP contribution >= 0.6 is 0 Å². The molecule has 0 aromatic heterocycles. The molecule has 0 atom stereocenters. The molecule has 2 N–H and O–H groups in total. The van der Waals surface area contributed by atoms with Gasteiger partial charge in [-0.15, -0.1) is 0 Å². The van der Waals surface area contributed by atoms with E-state index in [0.29, 0.717) is 26.4 Å². The highest BCUT2D eigenvalue weighted by Gasteiger charge is 2.33. The van der Waals surface area contributed by atoms with Gasteiger partial charge < -0.3 is 19.7 Å². The molecule has 0 amide bonds. The van der Waals surface area contributed by atoms with Gasteiger partial charge in [0.2, 0.25) is 0 Å². The normalized spacial score (nSPS) is 16.7. The minimum atomic E-state index is -0.981. The minimum absolute atomic E-state index is 0.201. The Morgan fingerprint density at radius 3 is 2.11 bits per heavy atom. The number of ether oxygens (including phenoxy) is 2. The van der Waals surface area contributed by atoms with Gasteiger partial charge in [-0.2, -0.15) is 0 Å². The van der Waals surface area contributed by atoms with E-state index in [9.17, 15) is 9.59 Å². The lowest BCUT2D eigenvalue weighted by Gasteiger charge is -2.35. The largest absolute Gasteiger partial charge is 0.478 e. The van der Waals surface area contributed by atoms with E-state index in [2.05, 4.69) is 13.2 Å². The van der Waals surface area contributed by atoms with Gasteiger partial charge in [-0.05, 0) is 12.8 Å². The van der Waals surface area contributed by atoms with Crippen LogP contribution in [0.4, 0.5) is 0 Å². The summed E-state index contributed by atoms with van der Waals surface area (Å²) in [5.41, 5.74) is 0.0224. The zero-order valence-electron chi connectivity index (χ0n) is 11.1. The predicted octanol–water partition coefficient (Wildman–Crippen LogP) is 1.67. The van der Waals surface area contributed by atoms with Crippen molar-refractivity contribution in [1.29, 1.82) is 0 Å². The lowest BCUT2D eigenvalue weighted by molar-refractivity contribution is -0.166. The van der Waals surface area contributed by atoms with Crippen molar-refractivity contribution in [2.45, 2.75) is 19.8 Å². The molecular weight excluding hydrogens is 252 g/mol. The molecule has 0 aromatic carbocycles. The summed E-state index contributed by atoms with van der Waals surface area (Å²) in [6, 6.07) is 0. The Morgan fingerprint density at radius 2 is 1.79 bits per heavy atom. The SMILES string of the molecule is C=C(CC1(CC)COCOC1)C(=O)O.C=CC(=O)O. The quantitative estimate of drug-likeness (QED) is 0.739. The number of aliphatic carboxylic acids is 2. The van der Waals surface area contributed by atoms with Gasteiger partial charge in [-0.1, -0.05) is 20.1 Å². The average Bonchev–Trinajstić information content (AvgIpc) is 2.40. The summed E-state index contributed by atoms with van der Waals surface area (Å²) >= 11 is 0. The number of hydrogen-bond donors (Lipinski definition) is 2. The van der Waals surface area contributed by atoms with Gasteiger partial charge >= 0.3 is 11.9 Å². The highest BCUT2D eigenvalue weighted by Crippen LogP contribution is 2.32. The summed E-state index contributed by atoms with van der Waals surface area (Å²) in [6.45, 7) is 9.91. The molecule has 1 rings (SSSR count). The first kappa shape index (κ1) is 17.3. The lowest BCUT2D eigenvalue weighted by Crippen LogP contribution is -2.37. The fourth-order valence-corrected chi connectivity index (χ4v) is 1.58. The number of carbonyl (C=O) groups is 2. The maximum absolute atomic E-state index is 10.6. The van der Waals surface area contributed by atoms with Crippen molar-refractivity contribution in [2.75, 3.05) is 20.0 Å². The van der Waals surface area contributed by atoms with Crippen LogP contribution in [0.2, 0.25) is 0 Å². The highest BCUT2D eigenvalue weighted by molar-refractivity contribution is 5.85. The molecule has 0 aromatic rings. The van der Waals surface area contributed by atoms with Crippen LogP contribution in [-0.4, -0.2) is 42.2 Å². The fraction of sp³-hybridized carbons (Fsp3) is 0.538. The third kappa shape index (κ3) is 6.73. The predicted molar refractivity (Wildman–Crippen MR) is 68.7 cm³/mol. The molecule has 108 valence electrons. The van der Waals surface area contributed by atoms with E-state index in [0.717, 1.165) is 12.5 Å². The Hall–Kier alpha value is -1.66. The molecule has 1 heterocycles. The molecule has 19 heavy (non-hydrogen) atoms. The van der Waals surface area contributed by atoms with Crippen LogP contribution in [0, 0.1) is 5.41 Å². The van der Waals surface area contributed by atoms with Gasteiger partial charge in [0, 0.05) is 17.1 Å². The topological polar surface area (TPSA) is 93.1 Å². The number of carboxylic acids is 2. The molecule has 1 aliphatic rings. The Bertz CT molecular complexity index is 341. The molecule has 1 saturated heterocycles. The lowest BCUT2D eigenvalue weighted by atomic mass is 9.80. The molecule has 0 bridgehead atoms. The van der Waals surface area contributed by atoms with E-state index >= 15 is 0 Å². The monoisotopic (exact) mass is 272 g/mol. The van der Waals surface area contributed by atoms with Crippen LogP contribution in [0.3, 0.4) is 0 Å². The molecule has 6 nitrogen and oxygen atoms in total. The Balaban J connectivity index is 0.000000555. The molecule has 0 saturated carbocycles. The van der Waals surface area contributed by atoms with Crippen molar-refractivity contribution in [3.8, 4) is 0 Å². The van der Waals surface area contributed by atoms with Crippen molar-refractivity contribution in [1.82, 2.24) is 0 Å². The molecule has 6 heteroatoms. The maximum Gasteiger partial charge on any atom is 0.330 e. The summed E-state index contributed by atoms with van der Waals surface area (Å²) in [4.78, 5) is 19.9. The van der Waals surface area contributed by atoms with Crippen molar-refractivity contribution in [3.05, 3.63) is 24.8 Å². The van der Waals surface area contributed by atoms with E-state index in [1.54, 1.807) is 0 Å². The second kappa shape index (κ2) is 8.44. The molecule has 0 radical (unpaired) electrons. The molecule has 1 aliphatic heterocycles. The van der Waals surface area contributed by atoms with Gasteiger partial charge in [-0.3, -0.25) is 0 Å². The average molecular weight is 272 g/mol. The number of hydrogen-bond acceptors (Lipinski definition) is 4. The highest BCUT2D eigenvalue weighted by atomic mass is 16.7. The molecule has 0 aliphatic carbocycles. The van der Waals surface area contributed by atoms with Crippen LogP contribution in [-0.2, 0) is 19.1 Å². The van der Waals surface area contributed by atoms with Gasteiger partial charge in [0.25, 0.3) is 0 Å². The molecule has 0 spiro atoms. The second-order valence-electron chi connectivity index (χ2n) is 4.30.